The van der Waals surface area contributed by atoms with Crippen LogP contribution in [0.15, 0.2) is 33.9 Å². The molecule has 0 aliphatic rings. The minimum Gasteiger partial charge on any atom is -0.497 e. The molecule has 12 heteroatoms. The molecule has 0 aliphatic carbocycles. The molecule has 2 heterocycles. The van der Waals surface area contributed by atoms with E-state index in [0.717, 1.165) is 10.1 Å². The number of hydrogen-bond acceptors (Lipinski definition) is 6. The van der Waals surface area contributed by atoms with Crippen LogP contribution in [0.2, 0.25) is 0 Å². The zero-order chi connectivity index (χ0) is 22.6. The van der Waals surface area contributed by atoms with Crippen molar-refractivity contribution < 1.29 is 23.6 Å². The van der Waals surface area contributed by atoms with Crippen molar-refractivity contribution in [3.63, 3.8) is 0 Å². The molecular formula is C19H25N4O7P. The average molecular weight is 452 g/mol. The fourth-order valence-corrected chi connectivity index (χ4v) is 3.67. The summed E-state index contributed by atoms with van der Waals surface area (Å²) in [7, 11) is -3.02. The molecule has 0 bridgehead atoms. The number of phosphoric acid groups is 1. The van der Waals surface area contributed by atoms with Gasteiger partial charge in [-0.2, -0.15) is 0 Å². The summed E-state index contributed by atoms with van der Waals surface area (Å²) in [6, 6.07) is 7.43. The lowest BCUT2D eigenvalue weighted by Crippen LogP contribution is -2.40. The number of phosphoric ester groups is 1. The van der Waals surface area contributed by atoms with Gasteiger partial charge in [-0.25, -0.2) is 14.3 Å². The molecule has 11 nitrogen and oxygen atoms in total. The summed E-state index contributed by atoms with van der Waals surface area (Å²) in [5, 5.41) is 0. The third kappa shape index (κ3) is 5.50. The van der Waals surface area contributed by atoms with E-state index in [9.17, 15) is 14.2 Å². The van der Waals surface area contributed by atoms with Gasteiger partial charge in [-0.3, -0.25) is 18.5 Å². The van der Waals surface area contributed by atoms with Gasteiger partial charge in [-0.05, 0) is 30.5 Å². The van der Waals surface area contributed by atoms with E-state index in [1.807, 2.05) is 31.2 Å². The second-order valence-electron chi connectivity index (χ2n) is 6.98. The molecule has 168 valence electrons. The molecule has 0 unspecified atom stereocenters. The third-order valence-electron chi connectivity index (χ3n) is 4.65. The van der Waals surface area contributed by atoms with Gasteiger partial charge in [0.2, 0.25) is 0 Å². The van der Waals surface area contributed by atoms with E-state index in [2.05, 4.69) is 14.5 Å². The van der Waals surface area contributed by atoms with Crippen molar-refractivity contribution in [1.29, 1.82) is 0 Å². The Balaban J connectivity index is 1.99. The number of H-pyrrole nitrogens is 1. The molecule has 2 aromatic heterocycles. The van der Waals surface area contributed by atoms with Gasteiger partial charge in [0.25, 0.3) is 5.56 Å². The number of imidazole rings is 1. The summed E-state index contributed by atoms with van der Waals surface area (Å²) in [5.74, 6) is 1.20. The van der Waals surface area contributed by atoms with E-state index in [1.165, 1.54) is 4.57 Å². The molecule has 3 rings (SSSR count). The molecular weight excluding hydrogens is 427 g/mol. The van der Waals surface area contributed by atoms with Crippen LogP contribution in [0.5, 0.6) is 5.75 Å². The second-order valence-corrected chi connectivity index (χ2v) is 8.22. The first-order valence-corrected chi connectivity index (χ1v) is 11.3. The number of nitrogens with zero attached hydrogens (tertiary/aromatic N) is 3. The SMILES string of the molecule is CCCn1c(=O)c2[nH]c(Cc3cccc(OC)c3)nc2n(CCCOP(=O)(O)O)c1=O. The summed E-state index contributed by atoms with van der Waals surface area (Å²) < 4.78 is 23.0. The predicted octanol–water partition coefficient (Wildman–Crippen LogP) is 1.40. The number of nitrogens with one attached hydrogen (secondary N) is 1. The number of aromatic amines is 1. The second kappa shape index (κ2) is 9.61. The van der Waals surface area contributed by atoms with Crippen molar-refractivity contribution in [2.24, 2.45) is 0 Å². The van der Waals surface area contributed by atoms with Crippen molar-refractivity contribution in [3.05, 3.63) is 56.5 Å². The highest BCUT2D eigenvalue weighted by molar-refractivity contribution is 7.46. The number of methoxy groups -OCH3 is 1. The first-order valence-electron chi connectivity index (χ1n) is 9.78. The number of fused-ring (bicyclic) bond motifs is 1. The fraction of sp³-hybridized carbons (Fsp3) is 0.421. The van der Waals surface area contributed by atoms with Crippen LogP contribution >= 0.6 is 7.82 Å². The zero-order valence-corrected chi connectivity index (χ0v) is 18.2. The summed E-state index contributed by atoms with van der Waals surface area (Å²) in [5.41, 5.74) is 0.360. The standard InChI is InChI=1S/C19H25N4O7P/c1-3-8-23-18(24)16-17(22(19(23)25)9-5-10-30-31(26,27)28)21-15(20-16)12-13-6-4-7-14(11-13)29-2/h4,6-7,11H,3,5,8-10,12H2,1-2H3,(H,20,21)(H2,26,27,28). The molecule has 1 aromatic carbocycles. The highest BCUT2D eigenvalue weighted by Crippen LogP contribution is 2.35. The fourth-order valence-electron chi connectivity index (χ4n) is 3.30. The van der Waals surface area contributed by atoms with E-state index in [1.54, 1.807) is 7.11 Å². The van der Waals surface area contributed by atoms with Crippen molar-refractivity contribution in [3.8, 4) is 5.75 Å². The van der Waals surface area contributed by atoms with Gasteiger partial charge in [0.15, 0.2) is 5.65 Å². The Morgan fingerprint density at radius 2 is 1.97 bits per heavy atom. The van der Waals surface area contributed by atoms with Crippen molar-refractivity contribution in [2.75, 3.05) is 13.7 Å². The van der Waals surface area contributed by atoms with Crippen LogP contribution in [-0.4, -0.2) is 42.6 Å². The number of aryl methyl sites for hydroxylation is 1. The average Bonchev–Trinajstić information content (AvgIpc) is 3.13. The van der Waals surface area contributed by atoms with Gasteiger partial charge in [0.1, 0.15) is 17.1 Å². The largest absolute Gasteiger partial charge is 0.497 e. The van der Waals surface area contributed by atoms with E-state index in [4.69, 9.17) is 14.5 Å². The molecule has 0 saturated heterocycles. The van der Waals surface area contributed by atoms with Gasteiger partial charge in [0.05, 0.1) is 13.7 Å². The van der Waals surface area contributed by atoms with Crippen LogP contribution in [0.4, 0.5) is 0 Å². The van der Waals surface area contributed by atoms with Crippen molar-refractivity contribution >= 4 is 19.0 Å². The topological polar surface area (TPSA) is 149 Å². The Morgan fingerprint density at radius 3 is 2.65 bits per heavy atom. The van der Waals surface area contributed by atoms with Gasteiger partial charge < -0.3 is 19.5 Å². The molecule has 31 heavy (non-hydrogen) atoms. The minimum absolute atomic E-state index is 0.0861. The lowest BCUT2D eigenvalue weighted by atomic mass is 10.1. The van der Waals surface area contributed by atoms with Crippen molar-refractivity contribution in [2.45, 2.75) is 39.3 Å². The Morgan fingerprint density at radius 1 is 1.19 bits per heavy atom. The van der Waals surface area contributed by atoms with Crippen LogP contribution in [0.1, 0.15) is 31.2 Å². The number of hydrogen-bond donors (Lipinski definition) is 3. The third-order valence-corrected chi connectivity index (χ3v) is 5.17. The van der Waals surface area contributed by atoms with E-state index in [0.29, 0.717) is 24.4 Å². The van der Waals surface area contributed by atoms with Gasteiger partial charge in [-0.15, -0.1) is 0 Å². The van der Waals surface area contributed by atoms with Crippen molar-refractivity contribution in [1.82, 2.24) is 19.1 Å². The highest BCUT2D eigenvalue weighted by atomic mass is 31.2. The summed E-state index contributed by atoms with van der Waals surface area (Å²) >= 11 is 0. The van der Waals surface area contributed by atoms with Gasteiger partial charge in [0, 0.05) is 19.5 Å². The lowest BCUT2D eigenvalue weighted by molar-refractivity contribution is 0.192. The molecule has 0 saturated carbocycles. The van der Waals surface area contributed by atoms with Gasteiger partial charge >= 0.3 is 13.5 Å². The summed E-state index contributed by atoms with van der Waals surface area (Å²) in [4.78, 5) is 50.9. The molecule has 0 atom stereocenters. The Kier molecular flexibility index (Phi) is 7.11. The molecule has 3 N–H and O–H groups in total. The zero-order valence-electron chi connectivity index (χ0n) is 17.3. The van der Waals surface area contributed by atoms with Gasteiger partial charge in [-0.1, -0.05) is 19.1 Å². The minimum atomic E-state index is -4.59. The quantitative estimate of drug-likeness (QED) is 0.309. The Labute approximate surface area is 177 Å². The summed E-state index contributed by atoms with van der Waals surface area (Å²) in [6.07, 6.45) is 1.14. The van der Waals surface area contributed by atoms with Crippen LogP contribution in [0.3, 0.4) is 0 Å². The van der Waals surface area contributed by atoms with Crippen LogP contribution in [0, 0.1) is 0 Å². The Hall–Kier alpha value is -2.72. The predicted molar refractivity (Wildman–Crippen MR) is 113 cm³/mol. The lowest BCUT2D eigenvalue weighted by Gasteiger charge is -2.11. The van der Waals surface area contributed by atoms with E-state index in [-0.39, 0.29) is 37.3 Å². The molecule has 0 amide bonds. The highest BCUT2D eigenvalue weighted by Gasteiger charge is 2.18. The number of ether oxygens (including phenoxy) is 1. The maximum Gasteiger partial charge on any atom is 0.469 e. The molecule has 3 aromatic rings. The normalized spacial score (nSPS) is 11.9. The molecule has 0 aliphatic heterocycles. The molecule has 0 fully saturated rings. The first kappa shape index (κ1) is 23.0. The van der Waals surface area contributed by atoms with Crippen LogP contribution in [0.25, 0.3) is 11.2 Å². The maximum atomic E-state index is 12.9. The maximum absolute atomic E-state index is 12.9. The van der Waals surface area contributed by atoms with E-state index >= 15 is 0 Å². The molecule has 0 radical (unpaired) electrons. The Bertz CT molecular complexity index is 1220. The smallest absolute Gasteiger partial charge is 0.469 e. The number of rotatable bonds is 10. The monoisotopic (exact) mass is 452 g/mol. The van der Waals surface area contributed by atoms with E-state index < -0.39 is 19.1 Å². The summed E-state index contributed by atoms with van der Waals surface area (Å²) in [6.45, 7) is 1.95. The number of benzene rings is 1. The molecule has 0 spiro atoms. The first-order chi connectivity index (χ1) is 14.7. The van der Waals surface area contributed by atoms with Crippen LogP contribution < -0.4 is 16.0 Å². The number of aromatic nitrogens is 4. The van der Waals surface area contributed by atoms with Crippen LogP contribution in [-0.2, 0) is 28.6 Å².